The van der Waals surface area contributed by atoms with E-state index in [1.54, 1.807) is 41.3 Å². The van der Waals surface area contributed by atoms with Gasteiger partial charge in [0.05, 0.1) is 57.9 Å². The van der Waals surface area contributed by atoms with Crippen molar-refractivity contribution in [3.63, 3.8) is 0 Å². The molecule has 2 heterocycles. The Bertz CT molecular complexity index is 1760. The van der Waals surface area contributed by atoms with Crippen LogP contribution in [-0.4, -0.2) is 92.7 Å². The Labute approximate surface area is 313 Å². The lowest BCUT2D eigenvalue weighted by molar-refractivity contribution is -0.155. The zero-order chi connectivity index (χ0) is 37.7. The summed E-state index contributed by atoms with van der Waals surface area (Å²) in [5.41, 5.74) is -1.71. The highest BCUT2D eigenvalue weighted by molar-refractivity contribution is 7.92. The number of fused-ring (bicyclic) bond motifs is 1. The SMILES string of the molecule is C=CCOCC1(C(=O)N2CCCC3(NC(=O)c4cc(S(=O)(=O)N(CC=C)c5ccccc5)ccc4Cl)CCCC23)CCN(C(=O)OC(C)(C)C)CC1. The molecule has 2 saturated heterocycles. The zero-order valence-electron chi connectivity index (χ0n) is 30.4. The van der Waals surface area contributed by atoms with E-state index in [9.17, 15) is 22.8 Å². The van der Waals surface area contributed by atoms with E-state index in [0.29, 0.717) is 70.5 Å². The first-order valence-electron chi connectivity index (χ1n) is 17.9. The van der Waals surface area contributed by atoms with Crippen molar-refractivity contribution in [2.75, 3.05) is 43.7 Å². The van der Waals surface area contributed by atoms with Crippen LogP contribution in [0.2, 0.25) is 5.02 Å². The maximum absolute atomic E-state index is 14.7. The third-order valence-corrected chi connectivity index (χ3v) is 12.4. The summed E-state index contributed by atoms with van der Waals surface area (Å²) < 4.78 is 40.6. The van der Waals surface area contributed by atoms with Crippen molar-refractivity contribution in [1.82, 2.24) is 15.1 Å². The lowest BCUT2D eigenvalue weighted by atomic mass is 9.75. The minimum Gasteiger partial charge on any atom is -0.444 e. The fourth-order valence-corrected chi connectivity index (χ4v) is 9.46. The van der Waals surface area contributed by atoms with E-state index in [-0.39, 0.29) is 40.6 Å². The number of likely N-dealkylation sites (tertiary alicyclic amines) is 2. The van der Waals surface area contributed by atoms with E-state index in [2.05, 4.69) is 18.5 Å². The van der Waals surface area contributed by atoms with E-state index >= 15 is 0 Å². The summed E-state index contributed by atoms with van der Waals surface area (Å²) in [6.07, 6.45) is 7.08. The molecule has 0 radical (unpaired) electrons. The first-order valence-corrected chi connectivity index (χ1v) is 19.8. The second-order valence-electron chi connectivity index (χ2n) is 15.0. The predicted octanol–water partition coefficient (Wildman–Crippen LogP) is 6.58. The van der Waals surface area contributed by atoms with Gasteiger partial charge >= 0.3 is 6.09 Å². The minimum absolute atomic E-state index is 0.0321. The highest BCUT2D eigenvalue weighted by Gasteiger charge is 2.54. The third-order valence-electron chi connectivity index (χ3n) is 10.3. The largest absolute Gasteiger partial charge is 0.444 e. The minimum atomic E-state index is -4.09. The van der Waals surface area contributed by atoms with Crippen molar-refractivity contribution in [2.45, 2.75) is 87.8 Å². The molecule has 3 aliphatic rings. The van der Waals surface area contributed by atoms with Crippen LogP contribution < -0.4 is 9.62 Å². The molecule has 2 aromatic rings. The number of amides is 3. The number of para-hydroxylation sites is 1. The van der Waals surface area contributed by atoms with Crippen LogP contribution in [0.4, 0.5) is 10.5 Å². The predicted molar refractivity (Wildman–Crippen MR) is 202 cm³/mol. The van der Waals surface area contributed by atoms with E-state index < -0.39 is 38.6 Å². The molecule has 52 heavy (non-hydrogen) atoms. The third kappa shape index (κ3) is 8.34. The molecule has 2 atom stereocenters. The topological polar surface area (TPSA) is 126 Å². The molecule has 1 aliphatic carbocycles. The van der Waals surface area contributed by atoms with Gasteiger partial charge in [-0.05, 0) is 96.0 Å². The number of carbonyl (C=O) groups excluding carboxylic acids is 3. The molecule has 282 valence electrons. The molecule has 13 heteroatoms. The monoisotopic (exact) mass is 754 g/mol. The molecule has 2 unspecified atom stereocenters. The lowest BCUT2D eigenvalue weighted by Crippen LogP contribution is -2.66. The molecule has 2 aromatic carbocycles. The molecule has 5 rings (SSSR count). The molecule has 11 nitrogen and oxygen atoms in total. The van der Waals surface area contributed by atoms with Crippen molar-refractivity contribution < 1.29 is 32.3 Å². The highest BCUT2D eigenvalue weighted by atomic mass is 35.5. The first-order chi connectivity index (χ1) is 24.7. The van der Waals surface area contributed by atoms with Gasteiger partial charge in [-0.2, -0.15) is 0 Å². The smallest absolute Gasteiger partial charge is 0.410 e. The Kier molecular flexibility index (Phi) is 12.1. The zero-order valence-corrected chi connectivity index (χ0v) is 32.0. The Morgan fingerprint density at radius 3 is 2.35 bits per heavy atom. The summed E-state index contributed by atoms with van der Waals surface area (Å²) in [5, 5.41) is 3.38. The van der Waals surface area contributed by atoms with Crippen LogP contribution in [-0.2, 0) is 24.3 Å². The molecule has 3 fully saturated rings. The van der Waals surface area contributed by atoms with Gasteiger partial charge in [-0.3, -0.25) is 13.9 Å². The number of nitrogens with one attached hydrogen (secondary N) is 1. The summed E-state index contributed by atoms with van der Waals surface area (Å²) in [5.74, 6) is -0.534. The number of hydrogen-bond acceptors (Lipinski definition) is 7. The van der Waals surface area contributed by atoms with Crippen molar-refractivity contribution >= 4 is 45.2 Å². The van der Waals surface area contributed by atoms with Crippen LogP contribution in [0.15, 0.2) is 78.7 Å². The van der Waals surface area contributed by atoms with Crippen LogP contribution in [0.1, 0.15) is 76.1 Å². The number of benzene rings is 2. The van der Waals surface area contributed by atoms with Crippen LogP contribution in [0.3, 0.4) is 0 Å². The number of halogens is 1. The highest BCUT2D eigenvalue weighted by Crippen LogP contribution is 2.45. The van der Waals surface area contributed by atoms with Crippen molar-refractivity contribution in [2.24, 2.45) is 5.41 Å². The molecular weight excluding hydrogens is 704 g/mol. The molecule has 0 bridgehead atoms. The fraction of sp³-hybridized carbons (Fsp3) is 0.513. The number of piperidine rings is 2. The lowest BCUT2D eigenvalue weighted by Gasteiger charge is -2.51. The van der Waals surface area contributed by atoms with Crippen LogP contribution in [0.25, 0.3) is 0 Å². The average molecular weight is 755 g/mol. The summed E-state index contributed by atoms with van der Waals surface area (Å²) >= 11 is 6.58. The van der Waals surface area contributed by atoms with Gasteiger partial charge in [0.15, 0.2) is 0 Å². The number of nitrogens with zero attached hydrogens (tertiary/aromatic N) is 3. The van der Waals surface area contributed by atoms with Gasteiger partial charge in [-0.15, -0.1) is 13.2 Å². The van der Waals surface area contributed by atoms with Gasteiger partial charge in [0.2, 0.25) is 5.91 Å². The molecular formula is C39H51ClN4O7S. The molecule has 1 saturated carbocycles. The second-order valence-corrected chi connectivity index (χ2v) is 17.2. The van der Waals surface area contributed by atoms with Crippen molar-refractivity contribution in [3.8, 4) is 0 Å². The molecule has 1 N–H and O–H groups in total. The maximum atomic E-state index is 14.7. The van der Waals surface area contributed by atoms with E-state index in [0.717, 1.165) is 6.42 Å². The van der Waals surface area contributed by atoms with Crippen LogP contribution in [0, 0.1) is 5.41 Å². The molecule has 0 aromatic heterocycles. The van der Waals surface area contributed by atoms with Gasteiger partial charge in [0.1, 0.15) is 5.60 Å². The Balaban J connectivity index is 1.38. The second kappa shape index (κ2) is 16.0. The maximum Gasteiger partial charge on any atom is 0.410 e. The Morgan fingerprint density at radius 2 is 1.69 bits per heavy atom. The number of anilines is 1. The fourth-order valence-electron chi connectivity index (χ4n) is 7.79. The van der Waals surface area contributed by atoms with Gasteiger partial charge in [0, 0.05) is 19.6 Å². The van der Waals surface area contributed by atoms with Gasteiger partial charge in [-0.25, -0.2) is 13.2 Å². The number of ether oxygens (including phenoxy) is 2. The average Bonchev–Trinajstić information content (AvgIpc) is 3.54. The van der Waals surface area contributed by atoms with Gasteiger partial charge in [0.25, 0.3) is 15.9 Å². The summed E-state index contributed by atoms with van der Waals surface area (Å²) in [7, 11) is -4.09. The van der Waals surface area contributed by atoms with E-state index in [4.69, 9.17) is 21.1 Å². The first kappa shape index (κ1) is 39.3. The molecule has 2 aliphatic heterocycles. The molecule has 0 spiro atoms. The van der Waals surface area contributed by atoms with Crippen molar-refractivity contribution in [1.29, 1.82) is 0 Å². The van der Waals surface area contributed by atoms with Gasteiger partial charge in [-0.1, -0.05) is 42.0 Å². The van der Waals surface area contributed by atoms with E-state index in [1.165, 1.54) is 28.6 Å². The molecule has 3 amide bonds. The number of hydrogen-bond donors (Lipinski definition) is 1. The quantitative estimate of drug-likeness (QED) is 0.192. The Morgan fingerprint density at radius 1 is 1.00 bits per heavy atom. The number of sulfonamides is 1. The standard InChI is InChI=1S/C39H51ClN4O7S/c1-6-22-44(29-13-9-8-10-14-29)52(48,49)30-16-17-32(40)31(27-30)34(45)41-39-18-11-15-33(39)43(23-12-19-39)35(46)38(28-50-26-7-2)20-24-42(25-21-38)36(47)51-37(3,4)5/h6-10,13-14,16-17,27,33H,1-2,11-12,15,18-26,28H2,3-5H3,(H,41,45). The number of carbonyl (C=O) groups is 3. The van der Waals surface area contributed by atoms with Crippen LogP contribution in [0.5, 0.6) is 0 Å². The summed E-state index contributed by atoms with van der Waals surface area (Å²) in [6.45, 7) is 14.7. The summed E-state index contributed by atoms with van der Waals surface area (Å²) in [4.78, 5) is 45.2. The summed E-state index contributed by atoms with van der Waals surface area (Å²) in [6, 6.07) is 12.6. The number of rotatable bonds is 12. The van der Waals surface area contributed by atoms with Crippen LogP contribution >= 0.6 is 11.6 Å². The Hall–Kier alpha value is -3.87. The van der Waals surface area contributed by atoms with Gasteiger partial charge < -0.3 is 24.6 Å². The normalized spacial score (nSPS) is 21.5. The van der Waals surface area contributed by atoms with E-state index in [1.807, 2.05) is 25.7 Å². The van der Waals surface area contributed by atoms with Crippen molar-refractivity contribution in [3.05, 3.63) is 84.4 Å².